The number of hydrogen-bond acceptors (Lipinski definition) is 8. The highest BCUT2D eigenvalue weighted by Crippen LogP contribution is 2.36. The number of carbonyl (C=O) groups excluding carboxylic acids is 1. The highest BCUT2D eigenvalue weighted by Gasteiger charge is 2.38. The van der Waals surface area contributed by atoms with Crippen molar-refractivity contribution in [3.63, 3.8) is 0 Å². The number of nitro groups is 1. The van der Waals surface area contributed by atoms with Crippen LogP contribution < -0.4 is 21.7 Å². The average Bonchev–Trinajstić information content (AvgIpc) is 2.59. The van der Waals surface area contributed by atoms with Gasteiger partial charge in [-0.1, -0.05) is 0 Å². The fourth-order valence-electron chi connectivity index (χ4n) is 2.57. The van der Waals surface area contributed by atoms with Crippen LogP contribution in [0.25, 0.3) is 0 Å². The lowest BCUT2D eigenvalue weighted by Gasteiger charge is -2.23. The lowest BCUT2D eigenvalue weighted by Crippen LogP contribution is -2.35. The highest BCUT2D eigenvalue weighted by atomic mass is 16.6. The topological polar surface area (TPSA) is 185 Å². The van der Waals surface area contributed by atoms with Crippen molar-refractivity contribution in [1.82, 2.24) is 9.97 Å². The Hall–Kier alpha value is -4.20. The summed E-state index contributed by atoms with van der Waals surface area (Å²) in [5.41, 5.74) is 3.05. The molecular formula is C15H9N5O6. The number of nitriles is 1. The van der Waals surface area contributed by atoms with Crippen LogP contribution in [0, 0.1) is 21.4 Å². The first-order valence-electron chi connectivity index (χ1n) is 7.06. The minimum atomic E-state index is -1.43. The van der Waals surface area contributed by atoms with Crippen molar-refractivity contribution in [1.29, 1.82) is 5.26 Å². The number of nitrogens with two attached hydrogens (primary N) is 1. The molecule has 3 rings (SSSR count). The molecule has 11 nitrogen and oxygen atoms in total. The maximum Gasteiger partial charge on any atom is 0.328 e. The molecule has 0 bridgehead atoms. The monoisotopic (exact) mass is 355 g/mol. The molecule has 2 heterocycles. The van der Waals surface area contributed by atoms with Crippen LogP contribution in [0.15, 0.2) is 45.3 Å². The standard InChI is InChI=1S/C15H9N5O6/c16-5-8-9(11(21)6-1-3-7(4-2-6)20(24)25)10-13(22)18-15(23)19-14(10)26-12(8)17/h1-4,9H,17H2,(H2,18,19,22,23). The first-order chi connectivity index (χ1) is 12.3. The van der Waals surface area contributed by atoms with Gasteiger partial charge in [0.05, 0.1) is 16.4 Å². The van der Waals surface area contributed by atoms with Gasteiger partial charge in [-0.05, 0) is 12.1 Å². The molecule has 1 aliphatic rings. The van der Waals surface area contributed by atoms with Gasteiger partial charge in [0, 0.05) is 17.7 Å². The van der Waals surface area contributed by atoms with Gasteiger partial charge in [-0.3, -0.25) is 29.7 Å². The molecule has 26 heavy (non-hydrogen) atoms. The van der Waals surface area contributed by atoms with Crippen molar-refractivity contribution >= 4 is 11.5 Å². The Labute approximate surface area is 143 Å². The van der Waals surface area contributed by atoms with Crippen molar-refractivity contribution in [2.45, 2.75) is 5.92 Å². The SMILES string of the molecule is N#CC1=C(N)Oc2[nH]c(=O)[nH]c(=O)c2C1C(=O)c1ccc([N+](=O)[O-])cc1. The summed E-state index contributed by atoms with van der Waals surface area (Å²) in [5, 5.41) is 20.0. The molecule has 0 saturated heterocycles. The fourth-order valence-corrected chi connectivity index (χ4v) is 2.57. The van der Waals surface area contributed by atoms with Gasteiger partial charge in [0.1, 0.15) is 11.6 Å². The van der Waals surface area contributed by atoms with E-state index in [1.54, 1.807) is 6.07 Å². The number of non-ortho nitro benzene ring substituents is 1. The Bertz CT molecular complexity index is 1120. The van der Waals surface area contributed by atoms with Crippen LogP contribution in [0.1, 0.15) is 21.8 Å². The molecule has 0 radical (unpaired) electrons. The summed E-state index contributed by atoms with van der Waals surface area (Å²) in [4.78, 5) is 50.7. The minimum absolute atomic E-state index is 0.0135. The number of carbonyl (C=O) groups is 1. The smallest absolute Gasteiger partial charge is 0.328 e. The van der Waals surface area contributed by atoms with E-state index in [1.807, 2.05) is 4.98 Å². The van der Waals surface area contributed by atoms with E-state index in [9.17, 15) is 29.8 Å². The van der Waals surface area contributed by atoms with Gasteiger partial charge < -0.3 is 10.5 Å². The molecule has 0 saturated carbocycles. The number of nitrogens with one attached hydrogen (secondary N) is 2. The second kappa shape index (κ2) is 6.02. The van der Waals surface area contributed by atoms with Crippen LogP contribution in [-0.4, -0.2) is 20.7 Å². The summed E-state index contributed by atoms with van der Waals surface area (Å²) in [6, 6.07) is 6.34. The number of ketones is 1. The number of rotatable bonds is 3. The maximum atomic E-state index is 12.9. The lowest BCUT2D eigenvalue weighted by molar-refractivity contribution is -0.384. The summed E-state index contributed by atoms with van der Waals surface area (Å²) in [7, 11) is 0. The number of aromatic nitrogens is 2. The van der Waals surface area contributed by atoms with Gasteiger partial charge in [0.2, 0.25) is 11.8 Å². The Morgan fingerprint density at radius 2 is 1.92 bits per heavy atom. The van der Waals surface area contributed by atoms with E-state index in [-0.39, 0.29) is 28.3 Å². The summed E-state index contributed by atoms with van der Waals surface area (Å²) in [5.74, 6) is -2.90. The third kappa shape index (κ3) is 2.61. The lowest BCUT2D eigenvalue weighted by atomic mass is 9.85. The first kappa shape index (κ1) is 16.7. The summed E-state index contributed by atoms with van der Waals surface area (Å²) < 4.78 is 5.08. The number of fused-ring (bicyclic) bond motifs is 1. The predicted octanol–water partition coefficient (Wildman–Crippen LogP) is 0.0242. The molecule has 2 aromatic rings. The molecular weight excluding hydrogens is 346 g/mol. The molecule has 1 aliphatic heterocycles. The average molecular weight is 355 g/mol. The molecule has 0 aliphatic carbocycles. The third-order valence-corrected chi connectivity index (χ3v) is 3.74. The van der Waals surface area contributed by atoms with Crippen LogP contribution in [0.4, 0.5) is 5.69 Å². The fraction of sp³-hybridized carbons (Fsp3) is 0.0667. The molecule has 1 aromatic heterocycles. The molecule has 1 aromatic carbocycles. The zero-order valence-corrected chi connectivity index (χ0v) is 12.8. The third-order valence-electron chi connectivity index (χ3n) is 3.74. The highest BCUT2D eigenvalue weighted by molar-refractivity contribution is 6.04. The number of H-pyrrole nitrogens is 2. The van der Waals surface area contributed by atoms with E-state index in [1.165, 1.54) is 12.1 Å². The Kier molecular flexibility index (Phi) is 3.86. The van der Waals surface area contributed by atoms with E-state index in [0.29, 0.717) is 0 Å². The quantitative estimate of drug-likeness (QED) is 0.390. The summed E-state index contributed by atoms with van der Waals surface area (Å²) in [6.07, 6.45) is 0. The Morgan fingerprint density at radius 3 is 2.50 bits per heavy atom. The first-order valence-corrected chi connectivity index (χ1v) is 7.06. The van der Waals surface area contributed by atoms with Gasteiger partial charge in [-0.2, -0.15) is 5.26 Å². The van der Waals surface area contributed by atoms with E-state index in [4.69, 9.17) is 10.5 Å². The van der Waals surface area contributed by atoms with Gasteiger partial charge in [0.15, 0.2) is 5.78 Å². The molecule has 0 spiro atoms. The van der Waals surface area contributed by atoms with Crippen LogP contribution >= 0.6 is 0 Å². The summed E-state index contributed by atoms with van der Waals surface area (Å²) >= 11 is 0. The van der Waals surface area contributed by atoms with Crippen molar-refractivity contribution < 1.29 is 14.5 Å². The van der Waals surface area contributed by atoms with E-state index in [2.05, 4.69) is 4.98 Å². The van der Waals surface area contributed by atoms with Gasteiger partial charge in [-0.15, -0.1) is 0 Å². The second-order valence-electron chi connectivity index (χ2n) is 5.24. The van der Waals surface area contributed by atoms with E-state index >= 15 is 0 Å². The van der Waals surface area contributed by atoms with Crippen molar-refractivity contribution in [3.05, 3.63) is 77.8 Å². The zero-order valence-electron chi connectivity index (χ0n) is 12.8. The van der Waals surface area contributed by atoms with Crippen LogP contribution in [0.5, 0.6) is 5.88 Å². The number of aromatic amines is 2. The number of benzene rings is 1. The van der Waals surface area contributed by atoms with Gasteiger partial charge in [-0.25, -0.2) is 4.79 Å². The normalized spacial score (nSPS) is 15.6. The van der Waals surface area contributed by atoms with Crippen molar-refractivity contribution in [2.24, 2.45) is 5.73 Å². The van der Waals surface area contributed by atoms with Crippen LogP contribution in [0.2, 0.25) is 0 Å². The number of hydrogen-bond donors (Lipinski definition) is 3. The maximum absolute atomic E-state index is 12.9. The molecule has 1 atom stereocenters. The van der Waals surface area contributed by atoms with Gasteiger partial charge in [0.25, 0.3) is 11.2 Å². The number of nitro benzene ring substituents is 1. The van der Waals surface area contributed by atoms with E-state index < -0.39 is 33.8 Å². The van der Waals surface area contributed by atoms with Crippen LogP contribution in [0.3, 0.4) is 0 Å². The zero-order chi connectivity index (χ0) is 19.0. The van der Waals surface area contributed by atoms with Crippen molar-refractivity contribution in [3.8, 4) is 11.9 Å². The molecule has 0 amide bonds. The molecule has 4 N–H and O–H groups in total. The second-order valence-corrected chi connectivity index (χ2v) is 5.24. The number of ether oxygens (including phenoxy) is 1. The number of allylic oxidation sites excluding steroid dienone is 1. The molecule has 1 unspecified atom stereocenters. The van der Waals surface area contributed by atoms with Crippen molar-refractivity contribution in [2.75, 3.05) is 0 Å². The predicted molar refractivity (Wildman–Crippen MR) is 85.3 cm³/mol. The molecule has 130 valence electrons. The van der Waals surface area contributed by atoms with Gasteiger partial charge >= 0.3 is 5.69 Å². The number of nitrogens with zero attached hydrogens (tertiary/aromatic N) is 2. The van der Waals surface area contributed by atoms with E-state index in [0.717, 1.165) is 12.1 Å². The Morgan fingerprint density at radius 1 is 1.27 bits per heavy atom. The minimum Gasteiger partial charge on any atom is -0.424 e. The van der Waals surface area contributed by atoms with Crippen LogP contribution in [-0.2, 0) is 0 Å². The molecule has 0 fully saturated rings. The number of Topliss-reactive ketones (excluding diaryl/α,β-unsaturated/α-hetero) is 1. The largest absolute Gasteiger partial charge is 0.424 e. The summed E-state index contributed by atoms with van der Waals surface area (Å²) in [6.45, 7) is 0. The molecule has 11 heteroatoms. The Balaban J connectivity index is 2.17.